The van der Waals surface area contributed by atoms with Gasteiger partial charge in [-0.2, -0.15) is 5.10 Å². The van der Waals surface area contributed by atoms with Gasteiger partial charge in [0, 0.05) is 12.7 Å². The summed E-state index contributed by atoms with van der Waals surface area (Å²) in [5, 5.41) is 15.9. The maximum atomic E-state index is 13.0. The van der Waals surface area contributed by atoms with Gasteiger partial charge in [0.1, 0.15) is 5.82 Å². The molecule has 1 aromatic carbocycles. The van der Waals surface area contributed by atoms with E-state index in [1.807, 2.05) is 6.92 Å². The highest BCUT2D eigenvalue weighted by Crippen LogP contribution is 2.18. The molecule has 0 aliphatic carbocycles. The maximum Gasteiger partial charge on any atom is 0.308 e. The van der Waals surface area contributed by atoms with Crippen molar-refractivity contribution in [2.75, 3.05) is 6.54 Å². The molecule has 1 atom stereocenters. The minimum atomic E-state index is -0.937. The highest BCUT2D eigenvalue weighted by Gasteiger charge is 2.20. The van der Waals surface area contributed by atoms with E-state index in [1.54, 1.807) is 6.20 Å². The molecule has 1 amide bonds. The number of nitrogens with zero attached hydrogens (tertiary/aromatic N) is 2. The van der Waals surface area contributed by atoms with E-state index in [4.69, 9.17) is 5.11 Å². The van der Waals surface area contributed by atoms with Crippen LogP contribution in [0.4, 0.5) is 4.39 Å². The van der Waals surface area contributed by atoms with Crippen molar-refractivity contribution in [2.45, 2.75) is 19.8 Å². The highest BCUT2D eigenvalue weighted by molar-refractivity contribution is 9.10. The van der Waals surface area contributed by atoms with E-state index in [1.165, 1.54) is 28.9 Å². The molecule has 6 nitrogen and oxygen atoms in total. The average molecular weight is 398 g/mol. The van der Waals surface area contributed by atoms with Crippen molar-refractivity contribution in [2.24, 2.45) is 5.92 Å². The Hall–Kier alpha value is -2.22. The fourth-order valence-electron chi connectivity index (χ4n) is 2.19. The number of amides is 1. The molecular formula is C16H17BrFN3O3. The number of aliphatic carboxylic acids is 1. The summed E-state index contributed by atoms with van der Waals surface area (Å²) in [5.41, 5.74) is 0.741. The number of hydrogen-bond donors (Lipinski definition) is 2. The first kappa shape index (κ1) is 18.1. The van der Waals surface area contributed by atoms with Crippen molar-refractivity contribution in [1.82, 2.24) is 15.1 Å². The smallest absolute Gasteiger partial charge is 0.308 e. The molecule has 0 saturated carbocycles. The van der Waals surface area contributed by atoms with E-state index >= 15 is 0 Å². The summed E-state index contributed by atoms with van der Waals surface area (Å²) in [6.07, 6.45) is 2.79. The van der Waals surface area contributed by atoms with Crippen LogP contribution in [0.1, 0.15) is 30.3 Å². The Labute approximate surface area is 146 Å². The van der Waals surface area contributed by atoms with Crippen LogP contribution in [-0.2, 0) is 4.79 Å². The van der Waals surface area contributed by atoms with Gasteiger partial charge in [-0.25, -0.2) is 9.07 Å². The fourth-order valence-corrected chi connectivity index (χ4v) is 2.65. The van der Waals surface area contributed by atoms with Crippen molar-refractivity contribution < 1.29 is 19.1 Å². The second-order valence-electron chi connectivity index (χ2n) is 5.28. The molecule has 0 saturated heterocycles. The molecule has 1 unspecified atom stereocenters. The second kappa shape index (κ2) is 8.05. The van der Waals surface area contributed by atoms with Gasteiger partial charge in [-0.15, -0.1) is 0 Å². The highest BCUT2D eigenvalue weighted by atomic mass is 79.9. The Kier molecular flexibility index (Phi) is 6.08. The predicted octanol–water partition coefficient (Wildman–Crippen LogP) is 3.00. The van der Waals surface area contributed by atoms with Crippen LogP contribution >= 0.6 is 15.9 Å². The standard InChI is InChI=1S/C16H17BrFN3O3/c1-2-3-10(16(23)24)8-19-15(22)14-13(17)9-21(20-14)12-6-4-11(18)5-7-12/h4-7,9-10H,2-3,8H2,1H3,(H,19,22)(H,23,24). The van der Waals surface area contributed by atoms with Gasteiger partial charge in [0.2, 0.25) is 0 Å². The third-order valence-corrected chi connectivity index (χ3v) is 4.05. The normalized spacial score (nSPS) is 12.0. The number of benzene rings is 1. The van der Waals surface area contributed by atoms with Crippen LogP contribution in [0.15, 0.2) is 34.9 Å². The molecule has 0 radical (unpaired) electrons. The summed E-state index contributed by atoms with van der Waals surface area (Å²) < 4.78 is 14.9. The van der Waals surface area contributed by atoms with Crippen LogP contribution in [0.2, 0.25) is 0 Å². The van der Waals surface area contributed by atoms with Crippen molar-refractivity contribution in [3.63, 3.8) is 0 Å². The minimum absolute atomic E-state index is 0.0395. The van der Waals surface area contributed by atoms with E-state index < -0.39 is 17.8 Å². The topological polar surface area (TPSA) is 84.2 Å². The third-order valence-electron chi connectivity index (χ3n) is 3.47. The lowest BCUT2D eigenvalue weighted by atomic mass is 10.0. The average Bonchev–Trinajstić information content (AvgIpc) is 2.93. The Morgan fingerprint density at radius 3 is 2.62 bits per heavy atom. The molecule has 24 heavy (non-hydrogen) atoms. The molecule has 0 spiro atoms. The predicted molar refractivity (Wildman–Crippen MR) is 89.6 cm³/mol. The van der Waals surface area contributed by atoms with Gasteiger partial charge in [-0.1, -0.05) is 13.3 Å². The Balaban J connectivity index is 2.10. The first-order valence-corrected chi connectivity index (χ1v) is 8.23. The Morgan fingerprint density at radius 2 is 2.04 bits per heavy atom. The molecule has 2 N–H and O–H groups in total. The molecular weight excluding hydrogens is 381 g/mol. The zero-order chi connectivity index (χ0) is 17.7. The van der Waals surface area contributed by atoms with E-state index in [9.17, 15) is 14.0 Å². The molecule has 128 valence electrons. The Bertz CT molecular complexity index is 731. The molecule has 8 heteroatoms. The van der Waals surface area contributed by atoms with Crippen LogP contribution in [-0.4, -0.2) is 33.3 Å². The minimum Gasteiger partial charge on any atom is -0.481 e. The number of hydrogen-bond acceptors (Lipinski definition) is 3. The van der Waals surface area contributed by atoms with Crippen molar-refractivity contribution >= 4 is 27.8 Å². The molecule has 0 aliphatic rings. The van der Waals surface area contributed by atoms with Crippen molar-refractivity contribution in [1.29, 1.82) is 0 Å². The summed E-state index contributed by atoms with van der Waals surface area (Å²) in [6, 6.07) is 5.68. The number of carboxylic acids is 1. The number of aromatic nitrogens is 2. The first-order valence-electron chi connectivity index (χ1n) is 7.44. The van der Waals surface area contributed by atoms with Crippen LogP contribution in [0.5, 0.6) is 0 Å². The molecule has 2 aromatic rings. The number of carboxylic acid groups (broad SMARTS) is 1. The van der Waals surface area contributed by atoms with E-state index in [0.717, 1.165) is 6.42 Å². The SMILES string of the molecule is CCCC(CNC(=O)c1nn(-c2ccc(F)cc2)cc1Br)C(=O)O. The van der Waals surface area contributed by atoms with Gasteiger partial charge in [0.05, 0.1) is 16.1 Å². The van der Waals surface area contributed by atoms with E-state index in [0.29, 0.717) is 16.6 Å². The van der Waals surface area contributed by atoms with Crippen LogP contribution in [0, 0.1) is 11.7 Å². The van der Waals surface area contributed by atoms with Crippen LogP contribution < -0.4 is 5.32 Å². The third kappa shape index (κ3) is 4.41. The van der Waals surface area contributed by atoms with Gasteiger partial charge in [-0.3, -0.25) is 9.59 Å². The number of carbonyl (C=O) groups excluding carboxylic acids is 1. The van der Waals surface area contributed by atoms with Crippen molar-refractivity contribution in [3.05, 3.63) is 46.4 Å². The monoisotopic (exact) mass is 397 g/mol. The summed E-state index contributed by atoms with van der Waals surface area (Å²) >= 11 is 3.26. The molecule has 1 heterocycles. The molecule has 0 bridgehead atoms. The van der Waals surface area contributed by atoms with Gasteiger partial charge in [-0.05, 0) is 46.6 Å². The zero-order valence-corrected chi connectivity index (χ0v) is 14.6. The molecule has 2 rings (SSSR count). The molecule has 0 fully saturated rings. The first-order chi connectivity index (χ1) is 11.4. The van der Waals surface area contributed by atoms with Crippen molar-refractivity contribution in [3.8, 4) is 5.69 Å². The quantitative estimate of drug-likeness (QED) is 0.751. The lowest BCUT2D eigenvalue weighted by Crippen LogP contribution is -2.33. The van der Waals surface area contributed by atoms with Gasteiger partial charge in [0.25, 0.3) is 5.91 Å². The number of nitrogens with one attached hydrogen (secondary N) is 1. The molecule has 0 aliphatic heterocycles. The largest absolute Gasteiger partial charge is 0.481 e. The number of halogens is 2. The summed E-state index contributed by atoms with van der Waals surface area (Å²) in [4.78, 5) is 23.3. The lowest BCUT2D eigenvalue weighted by molar-refractivity contribution is -0.141. The number of rotatable bonds is 7. The zero-order valence-electron chi connectivity index (χ0n) is 13.0. The van der Waals surface area contributed by atoms with Gasteiger partial charge >= 0.3 is 5.97 Å². The van der Waals surface area contributed by atoms with Gasteiger partial charge < -0.3 is 10.4 Å². The molecule has 1 aromatic heterocycles. The fraction of sp³-hybridized carbons (Fsp3) is 0.312. The van der Waals surface area contributed by atoms with E-state index in [2.05, 4.69) is 26.3 Å². The Morgan fingerprint density at radius 1 is 1.38 bits per heavy atom. The van der Waals surface area contributed by atoms with Crippen LogP contribution in [0.3, 0.4) is 0 Å². The number of carbonyl (C=O) groups is 2. The lowest BCUT2D eigenvalue weighted by Gasteiger charge is -2.11. The summed E-state index contributed by atoms with van der Waals surface area (Å²) in [7, 11) is 0. The van der Waals surface area contributed by atoms with E-state index in [-0.39, 0.29) is 18.1 Å². The maximum absolute atomic E-state index is 13.0. The second-order valence-corrected chi connectivity index (χ2v) is 6.13. The summed E-state index contributed by atoms with van der Waals surface area (Å²) in [5.74, 6) is -2.39. The summed E-state index contributed by atoms with van der Waals surface area (Å²) in [6.45, 7) is 1.93. The van der Waals surface area contributed by atoms with Crippen LogP contribution in [0.25, 0.3) is 5.69 Å². The van der Waals surface area contributed by atoms with Gasteiger partial charge in [0.15, 0.2) is 5.69 Å².